The number of pyridine rings is 1. The van der Waals surface area contributed by atoms with Crippen LogP contribution in [0.1, 0.15) is 24.1 Å². The molecule has 0 spiro atoms. The van der Waals surface area contributed by atoms with Gasteiger partial charge in [-0.3, -0.25) is 9.78 Å². The van der Waals surface area contributed by atoms with Crippen LogP contribution in [0.2, 0.25) is 0 Å². The van der Waals surface area contributed by atoms with E-state index in [9.17, 15) is 4.79 Å². The summed E-state index contributed by atoms with van der Waals surface area (Å²) in [6, 6.07) is 3.65. The van der Waals surface area contributed by atoms with E-state index in [0.717, 1.165) is 49.3 Å². The van der Waals surface area contributed by atoms with Crippen LogP contribution in [0.15, 0.2) is 24.5 Å². The largest absolute Gasteiger partial charge is 0.358 e. The fraction of sp³-hybridized carbons (Fsp3) is 0.412. The highest BCUT2D eigenvalue weighted by atomic mass is 16.2. The van der Waals surface area contributed by atoms with Gasteiger partial charge in [-0.1, -0.05) is 0 Å². The number of amides is 1. The minimum Gasteiger partial charge on any atom is -0.358 e. The highest BCUT2D eigenvalue weighted by Gasteiger charge is 2.31. The molecular formula is C17H19N5O. The Kier molecular flexibility index (Phi) is 3.44. The maximum atomic E-state index is 12.2. The lowest BCUT2D eigenvalue weighted by Crippen LogP contribution is -2.31. The Labute approximate surface area is 135 Å². The first-order valence-corrected chi connectivity index (χ1v) is 8.04. The number of hydrogen-bond acceptors (Lipinski definition) is 5. The fourth-order valence-corrected chi connectivity index (χ4v) is 3.30. The first-order chi connectivity index (χ1) is 11.2. The second-order valence-corrected chi connectivity index (χ2v) is 6.16. The van der Waals surface area contributed by atoms with Crippen molar-refractivity contribution < 1.29 is 4.79 Å². The lowest BCUT2D eigenvalue weighted by Gasteiger charge is -2.16. The minimum absolute atomic E-state index is 0.140. The maximum Gasteiger partial charge on any atom is 0.244 e. The van der Waals surface area contributed by atoms with Crippen molar-refractivity contribution in [3.05, 3.63) is 35.8 Å². The van der Waals surface area contributed by atoms with Crippen LogP contribution in [-0.4, -0.2) is 45.4 Å². The molecule has 2 aromatic heterocycles. The summed E-state index contributed by atoms with van der Waals surface area (Å²) >= 11 is 0. The standard InChI is InChI=1S/C17H19N5O/c1-22-10-7-14(17(22)23)20-16-12-3-2-4-13(12)19-15(21-16)11-5-8-18-9-6-11/h5-6,8-9,14H,2-4,7,10H2,1H3,(H,19,20,21). The normalized spacial score (nSPS) is 20.0. The van der Waals surface area contributed by atoms with Crippen molar-refractivity contribution >= 4 is 11.7 Å². The van der Waals surface area contributed by atoms with E-state index in [4.69, 9.17) is 9.97 Å². The molecule has 0 saturated carbocycles. The van der Waals surface area contributed by atoms with Crippen LogP contribution >= 0.6 is 0 Å². The van der Waals surface area contributed by atoms with E-state index in [1.54, 1.807) is 17.3 Å². The fourth-order valence-electron chi connectivity index (χ4n) is 3.30. The monoisotopic (exact) mass is 309 g/mol. The molecule has 1 atom stereocenters. The average molecular weight is 309 g/mol. The van der Waals surface area contributed by atoms with Crippen molar-refractivity contribution in [2.45, 2.75) is 31.7 Å². The molecule has 2 aromatic rings. The summed E-state index contributed by atoms with van der Waals surface area (Å²) < 4.78 is 0. The predicted octanol–water partition coefficient (Wildman–Crippen LogP) is 1.67. The third kappa shape index (κ3) is 2.54. The SMILES string of the molecule is CN1CCC(Nc2nc(-c3ccncc3)nc3c2CCC3)C1=O. The van der Waals surface area contributed by atoms with Crippen molar-refractivity contribution in [1.82, 2.24) is 19.9 Å². The highest BCUT2D eigenvalue weighted by molar-refractivity contribution is 5.86. The summed E-state index contributed by atoms with van der Waals surface area (Å²) in [7, 11) is 1.84. The smallest absolute Gasteiger partial charge is 0.244 e. The van der Waals surface area contributed by atoms with Gasteiger partial charge in [-0.2, -0.15) is 0 Å². The van der Waals surface area contributed by atoms with Crippen molar-refractivity contribution in [1.29, 1.82) is 0 Å². The molecule has 6 nitrogen and oxygen atoms in total. The molecule has 3 heterocycles. The number of carbonyl (C=O) groups excluding carboxylic acids is 1. The van der Waals surface area contributed by atoms with E-state index in [1.807, 2.05) is 19.2 Å². The number of fused-ring (bicyclic) bond motifs is 1. The molecule has 1 aliphatic heterocycles. The average Bonchev–Trinajstić information content (AvgIpc) is 3.17. The van der Waals surface area contributed by atoms with Gasteiger partial charge in [-0.15, -0.1) is 0 Å². The second-order valence-electron chi connectivity index (χ2n) is 6.16. The summed E-state index contributed by atoms with van der Waals surface area (Å²) in [5.41, 5.74) is 3.23. The number of aryl methyl sites for hydroxylation is 1. The van der Waals surface area contributed by atoms with E-state index < -0.39 is 0 Å². The molecule has 1 aliphatic carbocycles. The van der Waals surface area contributed by atoms with Gasteiger partial charge in [0.05, 0.1) is 0 Å². The van der Waals surface area contributed by atoms with Crippen LogP contribution in [-0.2, 0) is 17.6 Å². The molecule has 23 heavy (non-hydrogen) atoms. The zero-order valence-electron chi connectivity index (χ0n) is 13.1. The molecule has 1 unspecified atom stereocenters. The molecule has 2 aliphatic rings. The summed E-state index contributed by atoms with van der Waals surface area (Å²) in [5, 5.41) is 3.37. The van der Waals surface area contributed by atoms with E-state index >= 15 is 0 Å². The predicted molar refractivity (Wildman–Crippen MR) is 87.0 cm³/mol. The van der Waals surface area contributed by atoms with Gasteiger partial charge in [0.2, 0.25) is 5.91 Å². The number of rotatable bonds is 3. The minimum atomic E-state index is -0.176. The van der Waals surface area contributed by atoms with Crippen LogP contribution in [0.4, 0.5) is 5.82 Å². The molecule has 6 heteroatoms. The molecule has 0 radical (unpaired) electrons. The number of anilines is 1. The lowest BCUT2D eigenvalue weighted by molar-refractivity contribution is -0.127. The quantitative estimate of drug-likeness (QED) is 0.934. The Balaban J connectivity index is 1.71. The van der Waals surface area contributed by atoms with Crippen LogP contribution in [0.3, 0.4) is 0 Å². The number of nitrogens with one attached hydrogen (secondary N) is 1. The van der Waals surface area contributed by atoms with Gasteiger partial charge in [0.25, 0.3) is 0 Å². The summed E-state index contributed by atoms with van der Waals surface area (Å²) in [5.74, 6) is 1.67. The van der Waals surface area contributed by atoms with Gasteiger partial charge >= 0.3 is 0 Å². The van der Waals surface area contributed by atoms with Crippen molar-refractivity contribution in [3.63, 3.8) is 0 Å². The van der Waals surface area contributed by atoms with Gasteiger partial charge in [0, 0.05) is 42.8 Å². The molecule has 1 fully saturated rings. The second kappa shape index (κ2) is 5.61. The highest BCUT2D eigenvalue weighted by Crippen LogP contribution is 2.30. The number of carbonyl (C=O) groups is 1. The van der Waals surface area contributed by atoms with E-state index in [-0.39, 0.29) is 11.9 Å². The molecule has 1 N–H and O–H groups in total. The molecule has 1 amide bonds. The molecule has 4 rings (SSSR count). The van der Waals surface area contributed by atoms with Crippen LogP contribution in [0.5, 0.6) is 0 Å². The van der Waals surface area contributed by atoms with Crippen LogP contribution in [0.25, 0.3) is 11.4 Å². The Bertz CT molecular complexity index is 746. The van der Waals surface area contributed by atoms with Gasteiger partial charge in [0.15, 0.2) is 5.82 Å². The molecule has 118 valence electrons. The van der Waals surface area contributed by atoms with Gasteiger partial charge in [-0.25, -0.2) is 9.97 Å². The first-order valence-electron chi connectivity index (χ1n) is 8.04. The zero-order chi connectivity index (χ0) is 15.8. The van der Waals surface area contributed by atoms with E-state index in [2.05, 4.69) is 10.3 Å². The Morgan fingerprint density at radius 2 is 2.04 bits per heavy atom. The van der Waals surface area contributed by atoms with Gasteiger partial charge in [-0.05, 0) is 37.8 Å². The first kappa shape index (κ1) is 14.1. The summed E-state index contributed by atoms with van der Waals surface area (Å²) in [6.07, 6.45) is 7.35. The lowest BCUT2D eigenvalue weighted by atomic mass is 10.2. The Morgan fingerprint density at radius 1 is 1.22 bits per heavy atom. The number of aromatic nitrogens is 3. The number of likely N-dealkylation sites (tertiary alicyclic amines) is 1. The number of hydrogen-bond donors (Lipinski definition) is 1. The third-order valence-corrected chi connectivity index (χ3v) is 4.61. The zero-order valence-corrected chi connectivity index (χ0v) is 13.1. The van der Waals surface area contributed by atoms with Crippen molar-refractivity contribution in [2.75, 3.05) is 18.9 Å². The van der Waals surface area contributed by atoms with Crippen molar-refractivity contribution in [3.8, 4) is 11.4 Å². The third-order valence-electron chi connectivity index (χ3n) is 4.61. The summed E-state index contributed by atoms with van der Waals surface area (Å²) in [6.45, 7) is 0.793. The molecular weight excluding hydrogens is 290 g/mol. The van der Waals surface area contributed by atoms with E-state index in [0.29, 0.717) is 5.82 Å². The van der Waals surface area contributed by atoms with Gasteiger partial charge < -0.3 is 10.2 Å². The Morgan fingerprint density at radius 3 is 2.78 bits per heavy atom. The van der Waals surface area contributed by atoms with E-state index in [1.165, 1.54) is 5.56 Å². The maximum absolute atomic E-state index is 12.2. The Hall–Kier alpha value is -2.50. The summed E-state index contributed by atoms with van der Waals surface area (Å²) in [4.78, 5) is 27.4. The molecule has 1 saturated heterocycles. The molecule has 0 aromatic carbocycles. The number of nitrogens with zero attached hydrogens (tertiary/aromatic N) is 4. The van der Waals surface area contributed by atoms with Crippen LogP contribution in [0, 0.1) is 0 Å². The number of likely N-dealkylation sites (N-methyl/N-ethyl adjacent to an activating group) is 1. The van der Waals surface area contributed by atoms with Crippen molar-refractivity contribution in [2.24, 2.45) is 0 Å². The topological polar surface area (TPSA) is 71.0 Å². The van der Waals surface area contributed by atoms with Crippen LogP contribution < -0.4 is 5.32 Å². The van der Waals surface area contributed by atoms with Gasteiger partial charge in [0.1, 0.15) is 11.9 Å². The molecule has 0 bridgehead atoms.